The molecule has 0 radical (unpaired) electrons. The number of thiophene rings is 1. The van der Waals surface area contributed by atoms with Crippen LogP contribution < -0.4 is 0 Å². The van der Waals surface area contributed by atoms with Gasteiger partial charge in [-0.2, -0.15) is 0 Å². The maximum Gasteiger partial charge on any atom is 0.339 e. The second kappa shape index (κ2) is 7.20. The Morgan fingerprint density at radius 1 is 1.19 bits per heavy atom. The van der Waals surface area contributed by atoms with Crippen LogP contribution >= 0.6 is 23.1 Å². The fourth-order valence-corrected chi connectivity index (χ4v) is 4.89. The lowest BCUT2D eigenvalue weighted by Gasteiger charge is -2.04. The minimum Gasteiger partial charge on any atom is -0.465 e. The van der Waals surface area contributed by atoms with Crippen molar-refractivity contribution >= 4 is 45.1 Å². The van der Waals surface area contributed by atoms with E-state index in [0.29, 0.717) is 22.5 Å². The quantitative estimate of drug-likeness (QED) is 0.307. The summed E-state index contributed by atoms with van der Waals surface area (Å²) in [5, 5.41) is 1.82. The summed E-state index contributed by atoms with van der Waals surface area (Å²) in [6.07, 6.45) is 1.53. The number of thioether (sulfide) groups is 1. The SMILES string of the molecule is COC(=O)c1c(C)[nH]c(C(=O)CSc2ncnc3sc(C)c(C)c23)c1C. The molecule has 8 heteroatoms. The molecule has 26 heavy (non-hydrogen) atoms. The Morgan fingerprint density at radius 2 is 1.92 bits per heavy atom. The van der Waals surface area contributed by atoms with Crippen LogP contribution in [0.25, 0.3) is 10.2 Å². The topological polar surface area (TPSA) is 84.9 Å². The fraction of sp³-hybridized carbons (Fsp3) is 0.333. The van der Waals surface area contributed by atoms with Crippen molar-refractivity contribution in [1.29, 1.82) is 0 Å². The number of ketones is 1. The molecular formula is C18H19N3O3S2. The van der Waals surface area contributed by atoms with Crippen molar-refractivity contribution in [2.75, 3.05) is 12.9 Å². The number of nitrogens with one attached hydrogen (secondary N) is 1. The highest BCUT2D eigenvalue weighted by molar-refractivity contribution is 8.00. The van der Waals surface area contributed by atoms with E-state index >= 15 is 0 Å². The van der Waals surface area contributed by atoms with Gasteiger partial charge in [-0.3, -0.25) is 4.79 Å². The molecule has 3 aromatic heterocycles. The van der Waals surface area contributed by atoms with Gasteiger partial charge in [0.05, 0.1) is 24.1 Å². The number of hydrogen-bond acceptors (Lipinski definition) is 7. The van der Waals surface area contributed by atoms with E-state index in [2.05, 4.69) is 21.9 Å². The summed E-state index contributed by atoms with van der Waals surface area (Å²) in [7, 11) is 1.33. The number of ether oxygens (including phenoxy) is 1. The van der Waals surface area contributed by atoms with Gasteiger partial charge in [-0.05, 0) is 38.8 Å². The number of hydrogen-bond donors (Lipinski definition) is 1. The Kier molecular flexibility index (Phi) is 5.15. The third-order valence-electron chi connectivity index (χ3n) is 4.38. The van der Waals surface area contributed by atoms with Crippen LogP contribution in [-0.2, 0) is 4.74 Å². The van der Waals surface area contributed by atoms with E-state index in [4.69, 9.17) is 4.74 Å². The normalized spacial score (nSPS) is 11.1. The molecule has 0 saturated heterocycles. The lowest BCUT2D eigenvalue weighted by Crippen LogP contribution is -2.07. The van der Waals surface area contributed by atoms with Crippen LogP contribution in [0.1, 0.15) is 42.5 Å². The average molecular weight is 390 g/mol. The molecule has 0 aliphatic rings. The number of carbonyl (C=O) groups is 2. The molecule has 3 heterocycles. The van der Waals surface area contributed by atoms with Crippen molar-refractivity contribution in [2.45, 2.75) is 32.7 Å². The molecular weight excluding hydrogens is 370 g/mol. The number of carbonyl (C=O) groups excluding carboxylic acids is 2. The summed E-state index contributed by atoms with van der Waals surface area (Å²) in [6.45, 7) is 7.61. The number of esters is 1. The number of methoxy groups -OCH3 is 1. The zero-order valence-electron chi connectivity index (χ0n) is 15.2. The highest BCUT2D eigenvalue weighted by Crippen LogP contribution is 2.34. The van der Waals surface area contributed by atoms with Crippen LogP contribution in [0.5, 0.6) is 0 Å². The first-order valence-corrected chi connectivity index (χ1v) is 9.79. The summed E-state index contributed by atoms with van der Waals surface area (Å²) in [6, 6.07) is 0. The summed E-state index contributed by atoms with van der Waals surface area (Å²) in [5.74, 6) is -0.297. The van der Waals surface area contributed by atoms with Gasteiger partial charge in [-0.1, -0.05) is 11.8 Å². The summed E-state index contributed by atoms with van der Waals surface area (Å²) in [4.78, 5) is 38.4. The summed E-state index contributed by atoms with van der Waals surface area (Å²) in [5.41, 5.74) is 3.28. The first-order valence-electron chi connectivity index (χ1n) is 7.99. The predicted octanol–water partition coefficient (Wildman–Crippen LogP) is 4.01. The van der Waals surface area contributed by atoms with Crippen molar-refractivity contribution in [3.8, 4) is 0 Å². The van der Waals surface area contributed by atoms with Gasteiger partial charge in [0, 0.05) is 16.0 Å². The van der Waals surface area contributed by atoms with Gasteiger partial charge in [0.1, 0.15) is 16.2 Å². The predicted molar refractivity (Wildman–Crippen MR) is 104 cm³/mol. The molecule has 0 unspecified atom stereocenters. The molecule has 0 fully saturated rings. The second-order valence-corrected chi connectivity index (χ2v) is 8.14. The highest BCUT2D eigenvalue weighted by atomic mass is 32.2. The zero-order chi connectivity index (χ0) is 19.0. The largest absolute Gasteiger partial charge is 0.465 e. The molecule has 0 aliphatic carbocycles. The number of Topliss-reactive ketones (excluding diaryl/α,β-unsaturated/α-hetero) is 1. The molecule has 0 saturated carbocycles. The van der Waals surface area contributed by atoms with E-state index < -0.39 is 5.97 Å². The van der Waals surface area contributed by atoms with E-state index in [1.807, 2.05) is 6.92 Å². The van der Waals surface area contributed by atoms with E-state index in [1.165, 1.54) is 30.1 Å². The van der Waals surface area contributed by atoms with Gasteiger partial charge in [-0.25, -0.2) is 14.8 Å². The van der Waals surface area contributed by atoms with Gasteiger partial charge >= 0.3 is 5.97 Å². The third kappa shape index (κ3) is 3.14. The van der Waals surface area contributed by atoms with Crippen molar-refractivity contribution in [2.24, 2.45) is 0 Å². The van der Waals surface area contributed by atoms with E-state index in [1.54, 1.807) is 25.2 Å². The number of rotatable bonds is 5. The van der Waals surface area contributed by atoms with Crippen LogP contribution in [0.3, 0.4) is 0 Å². The van der Waals surface area contributed by atoms with Crippen LogP contribution in [0.2, 0.25) is 0 Å². The second-order valence-electron chi connectivity index (χ2n) is 5.97. The maximum atomic E-state index is 12.7. The van der Waals surface area contributed by atoms with Crippen molar-refractivity contribution in [3.05, 3.63) is 39.3 Å². The van der Waals surface area contributed by atoms with Gasteiger partial charge < -0.3 is 9.72 Å². The van der Waals surface area contributed by atoms with E-state index in [0.717, 1.165) is 20.8 Å². The number of fused-ring (bicyclic) bond motifs is 1. The first-order chi connectivity index (χ1) is 12.3. The lowest BCUT2D eigenvalue weighted by molar-refractivity contribution is 0.0599. The van der Waals surface area contributed by atoms with Gasteiger partial charge in [0.2, 0.25) is 0 Å². The molecule has 0 bridgehead atoms. The minimum atomic E-state index is -0.440. The van der Waals surface area contributed by atoms with Gasteiger partial charge in [0.25, 0.3) is 0 Å². The summed E-state index contributed by atoms with van der Waals surface area (Å²) >= 11 is 3.02. The highest BCUT2D eigenvalue weighted by Gasteiger charge is 2.23. The zero-order valence-corrected chi connectivity index (χ0v) is 16.9. The molecule has 3 aromatic rings. The van der Waals surface area contributed by atoms with Crippen molar-refractivity contribution < 1.29 is 14.3 Å². The van der Waals surface area contributed by atoms with E-state index in [9.17, 15) is 9.59 Å². The van der Waals surface area contributed by atoms with Crippen molar-refractivity contribution in [1.82, 2.24) is 15.0 Å². The maximum absolute atomic E-state index is 12.7. The van der Waals surface area contributed by atoms with Crippen LogP contribution in [-0.4, -0.2) is 39.6 Å². The monoisotopic (exact) mass is 389 g/mol. The molecule has 0 aromatic carbocycles. The lowest BCUT2D eigenvalue weighted by atomic mass is 10.1. The number of aromatic nitrogens is 3. The van der Waals surface area contributed by atoms with Gasteiger partial charge in [0.15, 0.2) is 5.78 Å². The Morgan fingerprint density at radius 3 is 2.62 bits per heavy atom. The van der Waals surface area contributed by atoms with E-state index in [-0.39, 0.29) is 11.5 Å². The number of nitrogens with zero attached hydrogens (tertiary/aromatic N) is 2. The smallest absolute Gasteiger partial charge is 0.339 e. The molecule has 0 spiro atoms. The first kappa shape index (κ1) is 18.6. The van der Waals surface area contributed by atoms with Crippen LogP contribution in [0, 0.1) is 27.7 Å². The Labute approximate surface area is 159 Å². The third-order valence-corrected chi connectivity index (χ3v) is 6.48. The molecule has 3 rings (SSSR count). The van der Waals surface area contributed by atoms with Crippen LogP contribution in [0.4, 0.5) is 0 Å². The van der Waals surface area contributed by atoms with Gasteiger partial charge in [-0.15, -0.1) is 11.3 Å². The fourth-order valence-electron chi connectivity index (χ4n) is 2.90. The Bertz CT molecular complexity index is 1020. The number of aryl methyl sites for hydroxylation is 3. The number of H-pyrrole nitrogens is 1. The summed E-state index contributed by atoms with van der Waals surface area (Å²) < 4.78 is 4.79. The number of aromatic amines is 1. The Hall–Kier alpha value is -2.19. The minimum absolute atomic E-state index is 0.0814. The molecule has 1 N–H and O–H groups in total. The Balaban J connectivity index is 1.86. The van der Waals surface area contributed by atoms with Crippen LogP contribution in [0.15, 0.2) is 11.4 Å². The molecule has 136 valence electrons. The molecule has 6 nitrogen and oxygen atoms in total. The standard InChI is InChI=1S/C18H19N3O3S2/c1-8-11(4)26-17-14(8)16(19-7-20-17)25-6-12(22)15-9(2)13(10(3)21-15)18(23)24-5/h7,21H,6H2,1-5H3. The molecule has 0 amide bonds. The van der Waals surface area contributed by atoms with Crippen molar-refractivity contribution in [3.63, 3.8) is 0 Å². The molecule has 0 atom stereocenters. The average Bonchev–Trinajstić information content (AvgIpc) is 3.08. The molecule has 0 aliphatic heterocycles.